The van der Waals surface area contributed by atoms with Crippen LogP contribution in [0, 0.1) is 6.92 Å². The second-order valence-electron chi connectivity index (χ2n) is 7.59. The Kier molecular flexibility index (Phi) is 7.26. The molecule has 1 aliphatic carbocycles. The zero-order chi connectivity index (χ0) is 21.7. The van der Waals surface area contributed by atoms with E-state index in [4.69, 9.17) is 16.3 Å². The van der Waals surface area contributed by atoms with Crippen LogP contribution in [0.25, 0.3) is 0 Å². The van der Waals surface area contributed by atoms with Crippen LogP contribution in [0.4, 0.5) is 5.69 Å². The standard InChI is InChI=1S/C22H27ClN2O4S/c1-15-20(23)9-6-10-21(15)25-30(27,28)19-13-11-18(12-14-19)29-16(2)22(26)24-17-7-4-3-5-8-17/h6,9-14,16-17,25H,3-5,7-8H2,1-2H3,(H,24,26)/t16-/m0/s1. The third-order valence-electron chi connectivity index (χ3n) is 5.28. The van der Waals surface area contributed by atoms with Crippen LogP contribution in [0.3, 0.4) is 0 Å². The molecule has 6 nitrogen and oxygen atoms in total. The Morgan fingerprint density at radius 3 is 2.43 bits per heavy atom. The van der Waals surface area contributed by atoms with Crippen LogP contribution in [-0.4, -0.2) is 26.5 Å². The van der Waals surface area contributed by atoms with E-state index in [0.717, 1.165) is 25.7 Å². The van der Waals surface area contributed by atoms with E-state index in [1.807, 2.05) is 0 Å². The molecular weight excluding hydrogens is 424 g/mol. The zero-order valence-corrected chi connectivity index (χ0v) is 18.7. The van der Waals surface area contributed by atoms with Gasteiger partial charge in [-0.3, -0.25) is 9.52 Å². The number of hydrogen-bond donors (Lipinski definition) is 2. The highest BCUT2D eigenvalue weighted by molar-refractivity contribution is 7.92. The topological polar surface area (TPSA) is 84.5 Å². The van der Waals surface area contributed by atoms with Gasteiger partial charge in [0, 0.05) is 11.1 Å². The van der Waals surface area contributed by atoms with Crippen molar-refractivity contribution in [3.63, 3.8) is 0 Å². The number of ether oxygens (including phenoxy) is 1. The first-order valence-electron chi connectivity index (χ1n) is 10.1. The van der Waals surface area contributed by atoms with E-state index in [2.05, 4.69) is 10.0 Å². The molecule has 1 saturated carbocycles. The Balaban J connectivity index is 1.62. The summed E-state index contributed by atoms with van der Waals surface area (Å²) >= 11 is 6.06. The van der Waals surface area contributed by atoms with Crippen molar-refractivity contribution in [2.24, 2.45) is 0 Å². The van der Waals surface area contributed by atoms with Crippen LogP contribution in [0.15, 0.2) is 47.4 Å². The molecule has 162 valence electrons. The maximum Gasteiger partial charge on any atom is 0.261 e. The van der Waals surface area contributed by atoms with Gasteiger partial charge >= 0.3 is 0 Å². The first kappa shape index (κ1) is 22.4. The zero-order valence-electron chi connectivity index (χ0n) is 17.2. The van der Waals surface area contributed by atoms with Crippen molar-refractivity contribution in [2.75, 3.05) is 4.72 Å². The first-order valence-corrected chi connectivity index (χ1v) is 12.0. The maximum atomic E-state index is 12.7. The normalized spacial score (nSPS) is 16.0. The molecule has 0 bridgehead atoms. The fourth-order valence-electron chi connectivity index (χ4n) is 3.44. The number of anilines is 1. The fraction of sp³-hybridized carbons (Fsp3) is 0.409. The highest BCUT2D eigenvalue weighted by atomic mass is 35.5. The van der Waals surface area contributed by atoms with Gasteiger partial charge < -0.3 is 10.1 Å². The summed E-state index contributed by atoms with van der Waals surface area (Å²) in [6.07, 6.45) is 4.84. The third kappa shape index (κ3) is 5.67. The lowest BCUT2D eigenvalue weighted by molar-refractivity contribution is -0.128. The number of carbonyl (C=O) groups excluding carboxylic acids is 1. The number of rotatable bonds is 7. The van der Waals surface area contributed by atoms with E-state index in [1.54, 1.807) is 44.2 Å². The van der Waals surface area contributed by atoms with Crippen LogP contribution < -0.4 is 14.8 Å². The highest BCUT2D eigenvalue weighted by Crippen LogP contribution is 2.26. The van der Waals surface area contributed by atoms with Crippen molar-refractivity contribution < 1.29 is 17.9 Å². The van der Waals surface area contributed by atoms with Gasteiger partial charge in [0.25, 0.3) is 15.9 Å². The van der Waals surface area contributed by atoms with Gasteiger partial charge in [-0.1, -0.05) is 36.9 Å². The number of hydrogen-bond acceptors (Lipinski definition) is 4. The summed E-state index contributed by atoms with van der Waals surface area (Å²) in [5, 5.41) is 3.52. The molecule has 0 heterocycles. The predicted molar refractivity (Wildman–Crippen MR) is 119 cm³/mol. The minimum atomic E-state index is -3.78. The van der Waals surface area contributed by atoms with Gasteiger partial charge in [-0.15, -0.1) is 0 Å². The van der Waals surface area contributed by atoms with Gasteiger partial charge in [0.05, 0.1) is 10.6 Å². The lowest BCUT2D eigenvalue weighted by Crippen LogP contribution is -2.43. The minimum Gasteiger partial charge on any atom is -0.481 e. The molecule has 0 aliphatic heterocycles. The van der Waals surface area contributed by atoms with Crippen LogP contribution in [0.2, 0.25) is 5.02 Å². The van der Waals surface area contributed by atoms with Crippen LogP contribution in [0.1, 0.15) is 44.6 Å². The van der Waals surface area contributed by atoms with E-state index in [0.29, 0.717) is 22.0 Å². The van der Waals surface area contributed by atoms with Gasteiger partial charge in [-0.2, -0.15) is 0 Å². The van der Waals surface area contributed by atoms with Crippen molar-refractivity contribution in [3.8, 4) is 5.75 Å². The van der Waals surface area contributed by atoms with Crippen molar-refractivity contribution in [1.29, 1.82) is 0 Å². The second kappa shape index (κ2) is 9.71. The molecule has 0 radical (unpaired) electrons. The molecule has 3 rings (SSSR count). The Labute approximate surface area is 183 Å². The number of sulfonamides is 1. The summed E-state index contributed by atoms with van der Waals surface area (Å²) < 4.78 is 33.6. The largest absolute Gasteiger partial charge is 0.481 e. The third-order valence-corrected chi connectivity index (χ3v) is 7.07. The Hall–Kier alpha value is -2.25. The summed E-state index contributed by atoms with van der Waals surface area (Å²) in [5.41, 5.74) is 1.08. The summed E-state index contributed by atoms with van der Waals surface area (Å²) in [6.45, 7) is 3.43. The second-order valence-corrected chi connectivity index (χ2v) is 9.68. The molecule has 1 amide bonds. The molecule has 0 spiro atoms. The van der Waals surface area contributed by atoms with Crippen molar-refractivity contribution >= 4 is 33.2 Å². The summed E-state index contributed by atoms with van der Waals surface area (Å²) in [4.78, 5) is 12.4. The summed E-state index contributed by atoms with van der Waals surface area (Å²) in [7, 11) is -3.78. The molecule has 8 heteroatoms. The number of carbonyl (C=O) groups is 1. The van der Waals surface area contributed by atoms with Gasteiger partial charge in [0.15, 0.2) is 6.10 Å². The van der Waals surface area contributed by atoms with E-state index in [9.17, 15) is 13.2 Å². The number of halogens is 1. The van der Waals surface area contributed by atoms with Crippen molar-refractivity contribution in [1.82, 2.24) is 5.32 Å². The highest BCUT2D eigenvalue weighted by Gasteiger charge is 2.21. The van der Waals surface area contributed by atoms with Crippen molar-refractivity contribution in [3.05, 3.63) is 53.1 Å². The van der Waals surface area contributed by atoms with E-state index < -0.39 is 16.1 Å². The van der Waals surface area contributed by atoms with Crippen LogP contribution in [0.5, 0.6) is 5.75 Å². The molecule has 1 aliphatic rings. The summed E-state index contributed by atoms with van der Waals surface area (Å²) in [5.74, 6) is 0.274. The Morgan fingerprint density at radius 1 is 1.10 bits per heavy atom. The minimum absolute atomic E-state index is 0.0912. The molecule has 2 aromatic rings. The number of nitrogens with one attached hydrogen (secondary N) is 2. The van der Waals surface area contributed by atoms with E-state index >= 15 is 0 Å². The summed E-state index contributed by atoms with van der Waals surface area (Å²) in [6, 6.07) is 11.2. The van der Waals surface area contributed by atoms with Gasteiger partial charge in [-0.05, 0) is 68.7 Å². The quantitative estimate of drug-likeness (QED) is 0.642. The molecule has 2 aromatic carbocycles. The molecule has 0 saturated heterocycles. The van der Waals surface area contributed by atoms with E-state index in [1.165, 1.54) is 18.6 Å². The smallest absolute Gasteiger partial charge is 0.261 e. The average Bonchev–Trinajstić information content (AvgIpc) is 2.72. The van der Waals surface area contributed by atoms with Crippen molar-refractivity contribution in [2.45, 2.75) is 63.0 Å². The monoisotopic (exact) mass is 450 g/mol. The average molecular weight is 451 g/mol. The van der Waals surface area contributed by atoms with E-state index in [-0.39, 0.29) is 16.8 Å². The lowest BCUT2D eigenvalue weighted by Gasteiger charge is -2.24. The molecule has 0 aromatic heterocycles. The lowest BCUT2D eigenvalue weighted by atomic mass is 9.95. The SMILES string of the molecule is Cc1c(Cl)cccc1NS(=O)(=O)c1ccc(O[C@@H](C)C(=O)NC2CCCCC2)cc1. The van der Waals surface area contributed by atoms with Gasteiger partial charge in [0.2, 0.25) is 0 Å². The van der Waals surface area contributed by atoms with Crippen LogP contribution in [-0.2, 0) is 14.8 Å². The Bertz CT molecular complexity index is 987. The van der Waals surface area contributed by atoms with Gasteiger partial charge in [0.1, 0.15) is 5.75 Å². The fourth-order valence-corrected chi connectivity index (χ4v) is 4.74. The molecular formula is C22H27ClN2O4S. The molecule has 1 atom stereocenters. The molecule has 30 heavy (non-hydrogen) atoms. The maximum absolute atomic E-state index is 12.7. The number of amides is 1. The number of benzene rings is 2. The molecule has 1 fully saturated rings. The predicted octanol–water partition coefficient (Wildman–Crippen LogP) is 4.67. The van der Waals surface area contributed by atoms with Crippen LogP contribution >= 0.6 is 11.6 Å². The Morgan fingerprint density at radius 2 is 1.77 bits per heavy atom. The van der Waals surface area contributed by atoms with Gasteiger partial charge in [-0.25, -0.2) is 8.42 Å². The first-order chi connectivity index (χ1) is 14.3. The molecule has 2 N–H and O–H groups in total. The molecule has 0 unspecified atom stereocenters.